The fourth-order valence-corrected chi connectivity index (χ4v) is 2.31. The number of hydrogen-bond donors (Lipinski definition) is 1. The molecule has 0 spiro atoms. The van der Waals surface area contributed by atoms with E-state index in [1.165, 1.54) is 18.2 Å². The van der Waals surface area contributed by atoms with E-state index in [9.17, 15) is 8.78 Å². The van der Waals surface area contributed by atoms with Gasteiger partial charge in [-0.25, -0.2) is 4.39 Å². The van der Waals surface area contributed by atoms with E-state index in [0.29, 0.717) is 29.2 Å². The minimum atomic E-state index is -1.09. The number of benzene rings is 2. The molecule has 0 aliphatic carbocycles. The fourth-order valence-electron chi connectivity index (χ4n) is 1.90. The fraction of sp³-hybridized carbons (Fsp3) is 0.143. The van der Waals surface area contributed by atoms with E-state index in [2.05, 4.69) is 15.9 Å². The molecule has 2 aromatic carbocycles. The molecule has 21 heavy (non-hydrogen) atoms. The Morgan fingerprint density at radius 1 is 1.00 bits per heavy atom. The number of nitrogens with two attached hydrogens (primary N) is 1. The monoisotopic (exact) mass is 357 g/mol. The Morgan fingerprint density at radius 3 is 2.38 bits per heavy atom. The number of ether oxygens (including phenoxy) is 3. The highest BCUT2D eigenvalue weighted by Gasteiger charge is 2.18. The molecule has 4 nitrogen and oxygen atoms in total. The third-order valence-corrected chi connectivity index (χ3v) is 3.31. The summed E-state index contributed by atoms with van der Waals surface area (Å²) in [6.45, 7) is 0.828. The predicted molar refractivity (Wildman–Crippen MR) is 76.0 cm³/mol. The minimum absolute atomic E-state index is 0.163. The van der Waals surface area contributed by atoms with E-state index in [-0.39, 0.29) is 17.2 Å². The number of nitrogen functional groups attached to an aromatic ring is 1. The first-order valence-corrected chi connectivity index (χ1v) is 6.85. The van der Waals surface area contributed by atoms with Crippen molar-refractivity contribution in [3.63, 3.8) is 0 Å². The van der Waals surface area contributed by atoms with Crippen LogP contribution in [-0.2, 0) is 0 Å². The molecule has 0 saturated heterocycles. The topological polar surface area (TPSA) is 53.7 Å². The molecule has 110 valence electrons. The highest BCUT2D eigenvalue weighted by Crippen LogP contribution is 2.40. The van der Waals surface area contributed by atoms with Crippen molar-refractivity contribution in [1.29, 1.82) is 0 Å². The van der Waals surface area contributed by atoms with Crippen LogP contribution in [0.5, 0.6) is 23.0 Å². The van der Waals surface area contributed by atoms with Crippen molar-refractivity contribution >= 4 is 21.6 Å². The SMILES string of the molecule is Nc1cc2c(cc1Oc1cc(Br)cc(F)c1F)OCCO2. The molecular weight excluding hydrogens is 348 g/mol. The van der Waals surface area contributed by atoms with Crippen LogP contribution in [0.15, 0.2) is 28.7 Å². The van der Waals surface area contributed by atoms with E-state index < -0.39 is 11.6 Å². The van der Waals surface area contributed by atoms with E-state index in [4.69, 9.17) is 19.9 Å². The number of halogens is 3. The largest absolute Gasteiger partial charge is 0.486 e. The summed E-state index contributed by atoms with van der Waals surface area (Å²) in [6, 6.07) is 5.34. The molecule has 2 aromatic rings. The summed E-state index contributed by atoms with van der Waals surface area (Å²) >= 11 is 3.08. The van der Waals surface area contributed by atoms with Gasteiger partial charge in [0.2, 0.25) is 5.82 Å². The quantitative estimate of drug-likeness (QED) is 0.654. The third kappa shape index (κ3) is 2.73. The molecule has 0 bridgehead atoms. The van der Waals surface area contributed by atoms with Crippen LogP contribution in [-0.4, -0.2) is 13.2 Å². The van der Waals surface area contributed by atoms with Crippen LogP contribution in [0.3, 0.4) is 0 Å². The van der Waals surface area contributed by atoms with Crippen LogP contribution in [0.1, 0.15) is 0 Å². The van der Waals surface area contributed by atoms with Crippen molar-refractivity contribution in [1.82, 2.24) is 0 Å². The van der Waals surface area contributed by atoms with Crippen molar-refractivity contribution in [2.75, 3.05) is 18.9 Å². The molecule has 1 aliphatic heterocycles. The first-order valence-electron chi connectivity index (χ1n) is 6.06. The lowest BCUT2D eigenvalue weighted by molar-refractivity contribution is 0.171. The van der Waals surface area contributed by atoms with Gasteiger partial charge in [-0.15, -0.1) is 0 Å². The molecule has 1 heterocycles. The van der Waals surface area contributed by atoms with Crippen LogP contribution < -0.4 is 19.9 Å². The van der Waals surface area contributed by atoms with Crippen LogP contribution >= 0.6 is 15.9 Å². The lowest BCUT2D eigenvalue weighted by atomic mass is 10.2. The predicted octanol–water partition coefficient (Wildman–Crippen LogP) is 3.87. The summed E-state index contributed by atoms with van der Waals surface area (Å²) in [5.74, 6) is -1.28. The lowest BCUT2D eigenvalue weighted by Gasteiger charge is -2.20. The Bertz CT molecular complexity index is 709. The van der Waals surface area contributed by atoms with Gasteiger partial charge in [-0.1, -0.05) is 15.9 Å². The number of fused-ring (bicyclic) bond motifs is 1. The summed E-state index contributed by atoms with van der Waals surface area (Å²) in [4.78, 5) is 0. The van der Waals surface area contributed by atoms with Crippen molar-refractivity contribution in [2.45, 2.75) is 0 Å². The summed E-state index contributed by atoms with van der Waals surface area (Å²) < 4.78 is 43.6. The third-order valence-electron chi connectivity index (χ3n) is 2.85. The van der Waals surface area contributed by atoms with E-state index >= 15 is 0 Å². The highest BCUT2D eigenvalue weighted by molar-refractivity contribution is 9.10. The van der Waals surface area contributed by atoms with Crippen molar-refractivity contribution in [3.05, 3.63) is 40.4 Å². The van der Waals surface area contributed by atoms with Gasteiger partial charge >= 0.3 is 0 Å². The smallest absolute Gasteiger partial charge is 0.201 e. The molecule has 7 heteroatoms. The van der Waals surface area contributed by atoms with E-state index in [0.717, 1.165) is 6.07 Å². The molecule has 2 N–H and O–H groups in total. The molecule has 0 unspecified atom stereocenters. The average Bonchev–Trinajstić information content (AvgIpc) is 2.45. The zero-order valence-electron chi connectivity index (χ0n) is 10.7. The maximum Gasteiger partial charge on any atom is 0.201 e. The Morgan fingerprint density at radius 2 is 1.67 bits per heavy atom. The zero-order chi connectivity index (χ0) is 15.0. The standard InChI is InChI=1S/C14H10BrF2NO3/c15-7-3-8(16)14(17)13(4-7)21-10-6-12-11(5-9(10)18)19-1-2-20-12/h3-6H,1-2,18H2. The first kappa shape index (κ1) is 13.9. The Labute approximate surface area is 127 Å². The summed E-state index contributed by atoms with van der Waals surface area (Å²) in [5.41, 5.74) is 6.07. The van der Waals surface area contributed by atoms with Gasteiger partial charge in [0.25, 0.3) is 0 Å². The molecule has 3 rings (SSSR count). The average molecular weight is 358 g/mol. The number of rotatable bonds is 2. The maximum absolute atomic E-state index is 13.7. The molecule has 0 radical (unpaired) electrons. The van der Waals surface area contributed by atoms with Crippen molar-refractivity contribution in [3.8, 4) is 23.0 Å². The van der Waals surface area contributed by atoms with Crippen molar-refractivity contribution < 1.29 is 23.0 Å². The molecular formula is C14H10BrF2NO3. The number of hydrogen-bond acceptors (Lipinski definition) is 4. The van der Waals surface area contributed by atoms with Crippen molar-refractivity contribution in [2.24, 2.45) is 0 Å². The Kier molecular flexibility index (Phi) is 3.59. The minimum Gasteiger partial charge on any atom is -0.486 e. The lowest BCUT2D eigenvalue weighted by Crippen LogP contribution is -2.15. The summed E-state index contributed by atoms with van der Waals surface area (Å²) in [7, 11) is 0. The van der Waals surface area contributed by atoms with Crippen LogP contribution in [0.4, 0.5) is 14.5 Å². The normalized spacial score (nSPS) is 13.1. The summed E-state index contributed by atoms with van der Waals surface area (Å²) in [6.07, 6.45) is 0. The van der Waals surface area contributed by atoms with E-state index in [1.54, 1.807) is 0 Å². The van der Waals surface area contributed by atoms with Gasteiger partial charge in [-0.3, -0.25) is 0 Å². The number of anilines is 1. The van der Waals surface area contributed by atoms with Gasteiger partial charge < -0.3 is 19.9 Å². The maximum atomic E-state index is 13.7. The van der Waals surface area contributed by atoms with Crippen LogP contribution in [0.2, 0.25) is 0 Å². The second-order valence-corrected chi connectivity index (χ2v) is 5.25. The molecule has 0 amide bonds. The van der Waals surface area contributed by atoms with Gasteiger partial charge in [0, 0.05) is 16.6 Å². The second-order valence-electron chi connectivity index (χ2n) is 4.34. The highest BCUT2D eigenvalue weighted by atomic mass is 79.9. The Hall–Kier alpha value is -2.02. The second kappa shape index (κ2) is 5.40. The van der Waals surface area contributed by atoms with Gasteiger partial charge in [0.05, 0.1) is 5.69 Å². The molecule has 0 atom stereocenters. The van der Waals surface area contributed by atoms with Gasteiger partial charge in [0.1, 0.15) is 13.2 Å². The van der Waals surface area contributed by atoms with E-state index in [1.807, 2.05) is 0 Å². The van der Waals surface area contributed by atoms with Gasteiger partial charge in [0.15, 0.2) is 28.8 Å². The van der Waals surface area contributed by atoms with Crippen LogP contribution in [0, 0.1) is 11.6 Å². The molecule has 1 aliphatic rings. The molecule has 0 fully saturated rings. The van der Waals surface area contributed by atoms with Gasteiger partial charge in [-0.05, 0) is 12.1 Å². The summed E-state index contributed by atoms with van der Waals surface area (Å²) in [5, 5.41) is 0. The van der Waals surface area contributed by atoms with Gasteiger partial charge in [-0.2, -0.15) is 4.39 Å². The Balaban J connectivity index is 1.98. The molecule has 0 aromatic heterocycles. The molecule has 0 saturated carbocycles. The first-order chi connectivity index (χ1) is 10.0. The van der Waals surface area contributed by atoms with Crippen LogP contribution in [0.25, 0.3) is 0 Å². The zero-order valence-corrected chi connectivity index (χ0v) is 12.2.